The van der Waals surface area contributed by atoms with Crippen molar-refractivity contribution < 1.29 is 17.5 Å². The summed E-state index contributed by atoms with van der Waals surface area (Å²) in [5, 5.41) is 0. The molecule has 0 unspecified atom stereocenters. The van der Waals surface area contributed by atoms with Crippen LogP contribution >= 0.6 is 0 Å². The van der Waals surface area contributed by atoms with Crippen molar-refractivity contribution in [2.45, 2.75) is 31.7 Å². The lowest BCUT2D eigenvalue weighted by Gasteiger charge is -2.16. The summed E-state index contributed by atoms with van der Waals surface area (Å²) in [5.41, 5.74) is 1.27. The van der Waals surface area contributed by atoms with Crippen molar-refractivity contribution in [1.82, 2.24) is 4.72 Å². The molecular weight excluding hydrogens is 317 g/mol. The Morgan fingerprint density at radius 1 is 1.13 bits per heavy atom. The fourth-order valence-electron chi connectivity index (χ4n) is 2.08. The van der Waals surface area contributed by atoms with E-state index in [1.54, 1.807) is 6.92 Å². The lowest BCUT2D eigenvalue weighted by atomic mass is 10.2. The first-order valence-corrected chi connectivity index (χ1v) is 8.75. The SMILES string of the molecule is Cc1cc(S(=O)(=O)N[C@H](C)COc2ccccc2C)ccc1F. The van der Waals surface area contributed by atoms with Crippen LogP contribution in [0.1, 0.15) is 18.1 Å². The van der Waals surface area contributed by atoms with Gasteiger partial charge < -0.3 is 4.74 Å². The molecule has 2 aromatic carbocycles. The minimum atomic E-state index is -3.71. The summed E-state index contributed by atoms with van der Waals surface area (Å²) in [6.45, 7) is 5.36. The number of hydrogen-bond acceptors (Lipinski definition) is 3. The van der Waals surface area contributed by atoms with Crippen LogP contribution in [0, 0.1) is 19.7 Å². The second-order valence-corrected chi connectivity index (χ2v) is 7.22. The molecule has 0 aromatic heterocycles. The van der Waals surface area contributed by atoms with Gasteiger partial charge in [0.2, 0.25) is 10.0 Å². The van der Waals surface area contributed by atoms with Gasteiger partial charge in [-0.3, -0.25) is 0 Å². The van der Waals surface area contributed by atoms with Crippen LogP contribution < -0.4 is 9.46 Å². The molecule has 0 bridgehead atoms. The van der Waals surface area contributed by atoms with Crippen molar-refractivity contribution in [3.8, 4) is 5.75 Å². The van der Waals surface area contributed by atoms with Crippen molar-refractivity contribution in [2.24, 2.45) is 0 Å². The molecule has 1 atom stereocenters. The second kappa shape index (κ2) is 7.10. The molecule has 0 spiro atoms. The maximum Gasteiger partial charge on any atom is 0.240 e. The molecule has 0 aliphatic heterocycles. The van der Waals surface area contributed by atoms with E-state index in [-0.39, 0.29) is 17.1 Å². The van der Waals surface area contributed by atoms with Crippen LogP contribution in [0.5, 0.6) is 5.75 Å². The van der Waals surface area contributed by atoms with Gasteiger partial charge in [-0.2, -0.15) is 0 Å². The van der Waals surface area contributed by atoms with Crippen LogP contribution in [0.25, 0.3) is 0 Å². The number of rotatable bonds is 6. The Balaban J connectivity index is 2.02. The lowest BCUT2D eigenvalue weighted by molar-refractivity contribution is 0.285. The Kier molecular flexibility index (Phi) is 5.38. The zero-order valence-corrected chi connectivity index (χ0v) is 14.2. The van der Waals surface area contributed by atoms with Crippen molar-refractivity contribution >= 4 is 10.0 Å². The predicted molar refractivity (Wildman–Crippen MR) is 87.6 cm³/mol. The second-order valence-electron chi connectivity index (χ2n) is 5.51. The van der Waals surface area contributed by atoms with Gasteiger partial charge in [-0.1, -0.05) is 18.2 Å². The standard InChI is InChI=1S/C17H20FNO3S/c1-12-6-4-5-7-17(12)22-11-14(3)19-23(20,21)15-8-9-16(18)13(2)10-15/h4-10,14,19H,11H2,1-3H3/t14-/m1/s1. The molecule has 124 valence electrons. The van der Waals surface area contributed by atoms with Crippen LogP contribution in [-0.2, 0) is 10.0 Å². The fourth-order valence-corrected chi connectivity index (χ4v) is 3.40. The minimum absolute atomic E-state index is 0.0409. The highest BCUT2D eigenvalue weighted by atomic mass is 32.2. The van der Waals surface area contributed by atoms with Gasteiger partial charge in [-0.05, 0) is 56.2 Å². The van der Waals surface area contributed by atoms with E-state index in [9.17, 15) is 12.8 Å². The zero-order chi connectivity index (χ0) is 17.0. The summed E-state index contributed by atoms with van der Waals surface area (Å²) in [7, 11) is -3.71. The lowest BCUT2D eigenvalue weighted by Crippen LogP contribution is -2.36. The molecule has 0 radical (unpaired) electrons. The predicted octanol–water partition coefficient (Wildman–Crippen LogP) is 3.19. The van der Waals surface area contributed by atoms with Crippen molar-refractivity contribution in [2.75, 3.05) is 6.61 Å². The minimum Gasteiger partial charge on any atom is -0.492 e. The van der Waals surface area contributed by atoms with Gasteiger partial charge in [0, 0.05) is 0 Å². The maximum absolute atomic E-state index is 13.3. The van der Waals surface area contributed by atoms with Crippen LogP contribution in [0.3, 0.4) is 0 Å². The molecule has 0 saturated heterocycles. The Hall–Kier alpha value is -1.92. The molecule has 0 heterocycles. The van der Waals surface area contributed by atoms with Gasteiger partial charge in [0.25, 0.3) is 0 Å². The summed E-state index contributed by atoms with van der Waals surface area (Å²) in [6, 6.07) is 10.8. The number of halogens is 1. The zero-order valence-electron chi connectivity index (χ0n) is 13.3. The van der Waals surface area contributed by atoms with Gasteiger partial charge >= 0.3 is 0 Å². The van der Waals surface area contributed by atoms with Gasteiger partial charge in [0.05, 0.1) is 10.9 Å². The van der Waals surface area contributed by atoms with E-state index >= 15 is 0 Å². The summed E-state index contributed by atoms with van der Waals surface area (Å²) >= 11 is 0. The summed E-state index contributed by atoms with van der Waals surface area (Å²) in [6.07, 6.45) is 0. The van der Waals surface area contributed by atoms with Crippen LogP contribution in [-0.4, -0.2) is 21.1 Å². The Morgan fingerprint density at radius 3 is 2.48 bits per heavy atom. The molecule has 0 amide bonds. The molecule has 6 heteroatoms. The topological polar surface area (TPSA) is 55.4 Å². The largest absolute Gasteiger partial charge is 0.492 e. The Morgan fingerprint density at radius 2 is 1.83 bits per heavy atom. The quantitative estimate of drug-likeness (QED) is 0.881. The highest BCUT2D eigenvalue weighted by molar-refractivity contribution is 7.89. The molecule has 2 rings (SSSR count). The van der Waals surface area contributed by atoms with Crippen molar-refractivity contribution in [3.05, 3.63) is 59.4 Å². The average molecular weight is 337 g/mol. The third-order valence-electron chi connectivity index (χ3n) is 3.38. The van der Waals surface area contributed by atoms with Crippen LogP contribution in [0.2, 0.25) is 0 Å². The number of nitrogens with one attached hydrogen (secondary N) is 1. The maximum atomic E-state index is 13.3. The van der Waals surface area contributed by atoms with E-state index in [0.29, 0.717) is 0 Å². The first-order chi connectivity index (χ1) is 10.8. The van der Waals surface area contributed by atoms with Gasteiger partial charge in [0.1, 0.15) is 18.2 Å². The average Bonchev–Trinajstić information content (AvgIpc) is 2.48. The summed E-state index contributed by atoms with van der Waals surface area (Å²) in [5.74, 6) is 0.288. The van der Waals surface area contributed by atoms with Crippen molar-refractivity contribution in [3.63, 3.8) is 0 Å². The third kappa shape index (κ3) is 4.53. The molecule has 23 heavy (non-hydrogen) atoms. The normalized spacial score (nSPS) is 12.9. The smallest absolute Gasteiger partial charge is 0.240 e. The number of sulfonamides is 1. The summed E-state index contributed by atoms with van der Waals surface area (Å²) < 4.78 is 46.0. The number of para-hydroxylation sites is 1. The highest BCUT2D eigenvalue weighted by Crippen LogP contribution is 2.17. The first-order valence-electron chi connectivity index (χ1n) is 7.26. The molecule has 0 aliphatic carbocycles. The summed E-state index contributed by atoms with van der Waals surface area (Å²) in [4.78, 5) is 0.0409. The fraction of sp³-hybridized carbons (Fsp3) is 0.294. The molecular formula is C17H20FNO3S. The van der Waals surface area contributed by atoms with Crippen LogP contribution in [0.15, 0.2) is 47.4 Å². The van der Waals surface area contributed by atoms with Crippen LogP contribution in [0.4, 0.5) is 4.39 Å². The number of benzene rings is 2. The molecule has 0 aliphatic rings. The molecule has 4 nitrogen and oxygen atoms in total. The number of hydrogen-bond donors (Lipinski definition) is 1. The van der Waals surface area contributed by atoms with E-state index < -0.39 is 21.9 Å². The third-order valence-corrected chi connectivity index (χ3v) is 4.97. The van der Waals surface area contributed by atoms with E-state index in [1.807, 2.05) is 31.2 Å². The monoisotopic (exact) mass is 337 g/mol. The van der Waals surface area contributed by atoms with E-state index in [2.05, 4.69) is 4.72 Å². The Labute approximate surface area is 136 Å². The molecule has 0 fully saturated rings. The first kappa shape index (κ1) is 17.4. The van der Waals surface area contributed by atoms with Gasteiger partial charge in [-0.25, -0.2) is 17.5 Å². The van der Waals surface area contributed by atoms with E-state index in [0.717, 1.165) is 17.4 Å². The molecule has 2 aromatic rings. The van der Waals surface area contributed by atoms with Gasteiger partial charge in [0.15, 0.2) is 0 Å². The number of ether oxygens (including phenoxy) is 1. The highest BCUT2D eigenvalue weighted by Gasteiger charge is 2.18. The molecule has 0 saturated carbocycles. The Bertz CT molecular complexity index is 790. The van der Waals surface area contributed by atoms with Crippen molar-refractivity contribution in [1.29, 1.82) is 0 Å². The van der Waals surface area contributed by atoms with E-state index in [4.69, 9.17) is 4.74 Å². The number of aryl methyl sites for hydroxylation is 2. The van der Waals surface area contributed by atoms with E-state index in [1.165, 1.54) is 19.1 Å². The van der Waals surface area contributed by atoms with Gasteiger partial charge in [-0.15, -0.1) is 0 Å². The molecule has 1 N–H and O–H groups in total.